The van der Waals surface area contributed by atoms with Crippen molar-refractivity contribution >= 4 is 17.0 Å². The Hall–Kier alpha value is -1.98. The monoisotopic (exact) mass is 356 g/mol. The lowest BCUT2D eigenvalue weighted by Gasteiger charge is -2.06. The molecule has 0 aromatic heterocycles. The molecule has 1 unspecified atom stereocenters. The van der Waals surface area contributed by atoms with Gasteiger partial charge in [0.1, 0.15) is 23.6 Å². The number of benzene rings is 2. The second-order valence-corrected chi connectivity index (χ2v) is 7.95. The Morgan fingerprint density at radius 3 is 2.52 bits per heavy atom. The van der Waals surface area contributed by atoms with Gasteiger partial charge in [0.2, 0.25) is 0 Å². The molecule has 1 saturated carbocycles. The van der Waals surface area contributed by atoms with Crippen LogP contribution in [0.25, 0.3) is 0 Å². The van der Waals surface area contributed by atoms with Crippen LogP contribution in [0.2, 0.25) is 0 Å². The Labute approximate surface area is 151 Å². The van der Waals surface area contributed by atoms with Crippen molar-refractivity contribution in [3.63, 3.8) is 0 Å². The summed E-state index contributed by atoms with van der Waals surface area (Å²) in [6, 6.07) is 15.0. The number of rotatable bonds is 6. The maximum atomic E-state index is 13.0. The fraction of sp³-hybridized carbons (Fsp3) is 0.350. The molecule has 1 saturated heterocycles. The standard InChI is InChI=1S/C20H21NO3S/c1-14-7-11-17(12-8-14)25(23)21-18(16-9-10-16)19(21)20(22)24-13-15-5-3-2-4-6-15/h2-8,11-12,16,18-19H,9-10,13H2,1H3/t18-,19-,21?,25-/m1/s1/i18D. The maximum Gasteiger partial charge on any atom is 0.326 e. The van der Waals surface area contributed by atoms with Crippen LogP contribution in [0, 0.1) is 12.8 Å². The zero-order chi connectivity index (χ0) is 18.3. The van der Waals surface area contributed by atoms with Crippen LogP contribution in [0.4, 0.5) is 0 Å². The quantitative estimate of drug-likeness (QED) is 0.590. The maximum absolute atomic E-state index is 13.0. The molecule has 0 bridgehead atoms. The van der Waals surface area contributed by atoms with Crippen LogP contribution < -0.4 is 0 Å². The number of aryl methyl sites for hydroxylation is 1. The fourth-order valence-corrected chi connectivity index (χ4v) is 4.33. The van der Waals surface area contributed by atoms with Crippen molar-refractivity contribution in [1.29, 1.82) is 0 Å². The molecule has 1 aliphatic carbocycles. The molecule has 0 amide bonds. The lowest BCUT2D eigenvalue weighted by Crippen LogP contribution is -2.18. The van der Waals surface area contributed by atoms with E-state index >= 15 is 0 Å². The van der Waals surface area contributed by atoms with E-state index in [1.165, 1.54) is 4.31 Å². The topological polar surface area (TPSA) is 46.4 Å². The van der Waals surface area contributed by atoms with Gasteiger partial charge in [0, 0.05) is 0 Å². The highest BCUT2D eigenvalue weighted by Crippen LogP contribution is 2.49. The molecule has 2 aromatic carbocycles. The third-order valence-electron chi connectivity index (χ3n) is 4.55. The van der Waals surface area contributed by atoms with Crippen molar-refractivity contribution < 1.29 is 15.1 Å². The molecule has 2 fully saturated rings. The number of ether oxygens (including phenoxy) is 1. The largest absolute Gasteiger partial charge is 0.460 e. The first-order valence-corrected chi connectivity index (χ1v) is 9.61. The molecule has 4 rings (SSSR count). The molecular formula is C20H21NO3S. The first-order valence-electron chi connectivity index (χ1n) is 9.00. The van der Waals surface area contributed by atoms with Crippen molar-refractivity contribution in [2.45, 2.75) is 43.3 Å². The Balaban J connectivity index is 1.49. The van der Waals surface area contributed by atoms with Crippen LogP contribution in [-0.2, 0) is 27.1 Å². The first-order chi connectivity index (χ1) is 12.5. The summed E-state index contributed by atoms with van der Waals surface area (Å²) in [4.78, 5) is 13.2. The van der Waals surface area contributed by atoms with E-state index in [1.54, 1.807) is 12.1 Å². The zero-order valence-corrected chi connectivity index (χ0v) is 14.9. The Morgan fingerprint density at radius 1 is 1.20 bits per heavy atom. The summed E-state index contributed by atoms with van der Waals surface area (Å²) in [6.07, 6.45) is 1.79. The van der Waals surface area contributed by atoms with Crippen LogP contribution in [0.1, 0.15) is 25.3 Å². The molecule has 4 atom stereocenters. The van der Waals surface area contributed by atoms with E-state index in [-0.39, 0.29) is 12.5 Å². The summed E-state index contributed by atoms with van der Waals surface area (Å²) < 4.78 is 28.6. The van der Waals surface area contributed by atoms with Crippen molar-refractivity contribution in [1.82, 2.24) is 4.31 Å². The molecule has 2 aromatic rings. The SMILES string of the molecule is [2H][C@@]1(C2CC2)[C@H](C(=O)OCc2ccccc2)N1[S@](=O)c1ccc(C)cc1. The van der Waals surface area contributed by atoms with E-state index in [0.29, 0.717) is 4.90 Å². The highest BCUT2D eigenvalue weighted by atomic mass is 32.2. The highest BCUT2D eigenvalue weighted by molar-refractivity contribution is 7.83. The summed E-state index contributed by atoms with van der Waals surface area (Å²) in [5.41, 5.74) is 1.98. The average Bonchev–Trinajstić information content (AvgIpc) is 3.56. The summed E-state index contributed by atoms with van der Waals surface area (Å²) in [5.74, 6) is -0.373. The van der Waals surface area contributed by atoms with Gasteiger partial charge in [-0.2, -0.15) is 4.31 Å². The number of hydrogen-bond acceptors (Lipinski definition) is 3. The molecule has 0 radical (unpaired) electrons. The minimum absolute atomic E-state index is 0.0890. The first kappa shape index (κ1) is 15.3. The third-order valence-corrected chi connectivity index (χ3v) is 6.00. The average molecular weight is 356 g/mol. The van der Waals surface area contributed by atoms with Gasteiger partial charge in [0.25, 0.3) is 0 Å². The van der Waals surface area contributed by atoms with Crippen molar-refractivity contribution in [2.24, 2.45) is 5.92 Å². The lowest BCUT2D eigenvalue weighted by molar-refractivity contribution is -0.144. The second kappa shape index (κ2) is 6.73. The lowest BCUT2D eigenvalue weighted by atomic mass is 10.2. The van der Waals surface area contributed by atoms with Gasteiger partial charge in [0.05, 0.1) is 12.3 Å². The molecule has 1 heterocycles. The van der Waals surface area contributed by atoms with Crippen molar-refractivity contribution in [3.8, 4) is 0 Å². The van der Waals surface area contributed by atoms with E-state index in [2.05, 4.69) is 0 Å². The van der Waals surface area contributed by atoms with E-state index in [9.17, 15) is 9.00 Å². The number of carbonyl (C=O) groups excluding carboxylic acids is 1. The molecule has 4 nitrogen and oxygen atoms in total. The van der Waals surface area contributed by atoms with Gasteiger partial charge in [-0.3, -0.25) is 4.79 Å². The predicted octanol–water partition coefficient (Wildman–Crippen LogP) is 3.22. The predicted molar refractivity (Wildman–Crippen MR) is 96.0 cm³/mol. The normalized spacial score (nSPS) is 29.6. The van der Waals surface area contributed by atoms with Gasteiger partial charge in [-0.25, -0.2) is 4.21 Å². The molecule has 1 aliphatic heterocycles. The number of carbonyl (C=O) groups is 1. The minimum atomic E-state index is -1.54. The number of hydrogen-bond donors (Lipinski definition) is 0. The molecule has 5 heteroatoms. The molecule has 0 N–H and O–H groups in total. The van der Waals surface area contributed by atoms with Crippen molar-refractivity contribution in [3.05, 3.63) is 65.7 Å². The van der Waals surface area contributed by atoms with Gasteiger partial charge in [-0.05, 0) is 43.4 Å². The smallest absolute Gasteiger partial charge is 0.326 e. The van der Waals surface area contributed by atoms with Crippen LogP contribution in [0.3, 0.4) is 0 Å². The molecular weight excluding hydrogens is 334 g/mol. The molecule has 2 aliphatic rings. The van der Waals surface area contributed by atoms with Crippen LogP contribution in [0.15, 0.2) is 59.5 Å². The molecule has 25 heavy (non-hydrogen) atoms. The summed E-state index contributed by atoms with van der Waals surface area (Å²) >= 11 is 0. The number of nitrogens with zero attached hydrogens (tertiary/aromatic N) is 1. The van der Waals surface area contributed by atoms with Gasteiger partial charge in [0.15, 0.2) is 0 Å². The van der Waals surface area contributed by atoms with Gasteiger partial charge in [-0.15, -0.1) is 0 Å². The van der Waals surface area contributed by atoms with Crippen molar-refractivity contribution in [2.75, 3.05) is 0 Å². The van der Waals surface area contributed by atoms with E-state index in [0.717, 1.165) is 24.0 Å². The van der Waals surface area contributed by atoms with Crippen LogP contribution in [0.5, 0.6) is 0 Å². The summed E-state index contributed by atoms with van der Waals surface area (Å²) in [6.45, 7) is 2.13. The number of esters is 1. The Kier molecular flexibility index (Phi) is 4.12. The summed E-state index contributed by atoms with van der Waals surface area (Å²) in [5, 5.41) is 0. The molecule has 130 valence electrons. The Bertz CT molecular complexity index is 838. The minimum Gasteiger partial charge on any atom is -0.460 e. The van der Waals surface area contributed by atoms with Gasteiger partial charge < -0.3 is 4.74 Å². The van der Waals surface area contributed by atoms with E-state index in [4.69, 9.17) is 6.11 Å². The second-order valence-electron chi connectivity index (χ2n) is 6.58. The van der Waals surface area contributed by atoms with Gasteiger partial charge in [-0.1, -0.05) is 48.0 Å². The van der Waals surface area contributed by atoms with E-state index < -0.39 is 29.0 Å². The van der Waals surface area contributed by atoms with Crippen LogP contribution in [-0.4, -0.2) is 26.5 Å². The van der Waals surface area contributed by atoms with Gasteiger partial charge >= 0.3 is 5.97 Å². The summed E-state index contributed by atoms with van der Waals surface area (Å²) in [7, 11) is -1.54. The fourth-order valence-electron chi connectivity index (χ4n) is 2.96. The highest BCUT2D eigenvalue weighted by Gasteiger charge is 2.62. The van der Waals surface area contributed by atoms with E-state index in [1.807, 2.05) is 49.4 Å². The zero-order valence-electron chi connectivity index (χ0n) is 15.1. The Morgan fingerprint density at radius 2 is 1.88 bits per heavy atom. The molecule has 0 spiro atoms. The third kappa shape index (κ3) is 3.53. The van der Waals surface area contributed by atoms with Crippen LogP contribution >= 0.6 is 0 Å².